The Morgan fingerprint density at radius 2 is 2.17 bits per heavy atom. The first-order chi connectivity index (χ1) is 8.59. The molecule has 0 saturated heterocycles. The molecule has 6 nitrogen and oxygen atoms in total. The third-order valence-electron chi connectivity index (χ3n) is 3.19. The molecule has 18 heavy (non-hydrogen) atoms. The molecule has 1 heterocycles. The second kappa shape index (κ2) is 7.10. The van der Waals surface area contributed by atoms with E-state index in [0.29, 0.717) is 38.8 Å². The van der Waals surface area contributed by atoms with Crippen LogP contribution >= 0.6 is 0 Å². The van der Waals surface area contributed by atoms with E-state index in [0.717, 1.165) is 0 Å². The van der Waals surface area contributed by atoms with Gasteiger partial charge in [0.1, 0.15) is 12.7 Å². The molecular weight excluding hydrogens is 232 g/mol. The quantitative estimate of drug-likeness (QED) is 0.716. The number of aromatic nitrogens is 3. The van der Waals surface area contributed by atoms with Gasteiger partial charge in [0.25, 0.3) is 0 Å². The smallest absolute Gasteiger partial charge is 0.220 e. The summed E-state index contributed by atoms with van der Waals surface area (Å²) in [6.45, 7) is 4.84. The molecule has 6 heteroatoms. The predicted octanol–water partition coefficient (Wildman–Crippen LogP) is 0.726. The fraction of sp³-hybridized carbons (Fsp3) is 0.750. The second-order valence-electron chi connectivity index (χ2n) is 4.47. The largest absolute Gasteiger partial charge is 0.388 e. The van der Waals surface area contributed by atoms with E-state index in [1.165, 1.54) is 6.33 Å². The summed E-state index contributed by atoms with van der Waals surface area (Å²) in [6, 6.07) is 0. The van der Waals surface area contributed by atoms with Gasteiger partial charge in [0.15, 0.2) is 0 Å². The van der Waals surface area contributed by atoms with Gasteiger partial charge in [0.05, 0.1) is 5.60 Å². The van der Waals surface area contributed by atoms with E-state index in [2.05, 4.69) is 15.4 Å². The first kappa shape index (κ1) is 14.6. The van der Waals surface area contributed by atoms with E-state index in [9.17, 15) is 9.90 Å². The molecule has 0 aliphatic heterocycles. The zero-order chi connectivity index (χ0) is 13.4. The summed E-state index contributed by atoms with van der Waals surface area (Å²) in [5.74, 6) is -0.0320. The van der Waals surface area contributed by atoms with Crippen molar-refractivity contribution in [3.63, 3.8) is 0 Å². The lowest BCUT2D eigenvalue weighted by Gasteiger charge is -2.25. The molecule has 1 aromatic rings. The van der Waals surface area contributed by atoms with Crippen LogP contribution in [-0.2, 0) is 11.3 Å². The van der Waals surface area contributed by atoms with Gasteiger partial charge >= 0.3 is 0 Å². The van der Waals surface area contributed by atoms with Crippen molar-refractivity contribution in [2.24, 2.45) is 0 Å². The van der Waals surface area contributed by atoms with Crippen LogP contribution in [0, 0.1) is 0 Å². The van der Waals surface area contributed by atoms with Gasteiger partial charge in [-0.1, -0.05) is 13.8 Å². The number of amides is 1. The Hall–Kier alpha value is -1.43. The molecule has 0 aliphatic rings. The summed E-state index contributed by atoms with van der Waals surface area (Å²) in [5, 5.41) is 16.7. The lowest BCUT2D eigenvalue weighted by molar-refractivity contribution is -0.122. The standard InChI is InChI=1S/C12H22N4O2/c1-3-12(18,4-2)8-14-11(17)6-5-7-16-10-13-9-15-16/h9-10,18H,3-8H2,1-2H3,(H,14,17). The van der Waals surface area contributed by atoms with Crippen LogP contribution < -0.4 is 5.32 Å². The summed E-state index contributed by atoms with van der Waals surface area (Å²) in [6.07, 6.45) is 5.54. The van der Waals surface area contributed by atoms with E-state index < -0.39 is 5.60 Å². The van der Waals surface area contributed by atoms with Gasteiger partial charge < -0.3 is 10.4 Å². The number of aliphatic hydroxyl groups is 1. The van der Waals surface area contributed by atoms with Crippen molar-refractivity contribution in [1.29, 1.82) is 0 Å². The highest BCUT2D eigenvalue weighted by molar-refractivity contribution is 5.75. The molecule has 0 radical (unpaired) electrons. The van der Waals surface area contributed by atoms with Gasteiger partial charge in [-0.25, -0.2) is 4.98 Å². The summed E-state index contributed by atoms with van der Waals surface area (Å²) in [4.78, 5) is 15.4. The molecule has 0 fully saturated rings. The Morgan fingerprint density at radius 3 is 2.72 bits per heavy atom. The fourth-order valence-corrected chi connectivity index (χ4v) is 1.60. The molecule has 0 bridgehead atoms. The van der Waals surface area contributed by atoms with Crippen molar-refractivity contribution in [2.45, 2.75) is 51.7 Å². The predicted molar refractivity (Wildman–Crippen MR) is 67.8 cm³/mol. The van der Waals surface area contributed by atoms with Gasteiger partial charge in [-0.15, -0.1) is 0 Å². The molecule has 102 valence electrons. The van der Waals surface area contributed by atoms with E-state index in [-0.39, 0.29) is 5.91 Å². The van der Waals surface area contributed by atoms with Gasteiger partial charge in [-0.05, 0) is 19.3 Å². The normalized spacial score (nSPS) is 11.5. The lowest BCUT2D eigenvalue weighted by Crippen LogP contribution is -2.42. The highest BCUT2D eigenvalue weighted by atomic mass is 16.3. The maximum atomic E-state index is 11.6. The van der Waals surface area contributed by atoms with Crippen LogP contribution in [0.2, 0.25) is 0 Å². The Labute approximate surface area is 107 Å². The highest BCUT2D eigenvalue weighted by Crippen LogP contribution is 2.12. The number of rotatable bonds is 8. The van der Waals surface area contributed by atoms with Crippen molar-refractivity contribution in [1.82, 2.24) is 20.1 Å². The van der Waals surface area contributed by atoms with Gasteiger partial charge in [0, 0.05) is 19.5 Å². The van der Waals surface area contributed by atoms with E-state index in [1.807, 2.05) is 13.8 Å². The van der Waals surface area contributed by atoms with Crippen LogP contribution in [0.15, 0.2) is 12.7 Å². The topological polar surface area (TPSA) is 80.0 Å². The molecule has 1 aromatic heterocycles. The van der Waals surface area contributed by atoms with Gasteiger partial charge in [-0.2, -0.15) is 5.10 Å². The number of nitrogens with zero attached hydrogens (tertiary/aromatic N) is 3. The Balaban J connectivity index is 2.18. The maximum absolute atomic E-state index is 11.6. The molecule has 1 amide bonds. The number of nitrogens with one attached hydrogen (secondary N) is 1. The van der Waals surface area contributed by atoms with E-state index >= 15 is 0 Å². The number of aryl methyl sites for hydroxylation is 1. The monoisotopic (exact) mass is 254 g/mol. The van der Waals surface area contributed by atoms with Crippen molar-refractivity contribution in [2.75, 3.05) is 6.54 Å². The lowest BCUT2D eigenvalue weighted by atomic mass is 9.97. The van der Waals surface area contributed by atoms with Crippen molar-refractivity contribution < 1.29 is 9.90 Å². The van der Waals surface area contributed by atoms with Crippen LogP contribution in [-0.4, -0.2) is 37.9 Å². The minimum atomic E-state index is -0.776. The molecule has 2 N–H and O–H groups in total. The molecule has 0 aromatic carbocycles. The number of hydrogen-bond acceptors (Lipinski definition) is 4. The average molecular weight is 254 g/mol. The van der Waals surface area contributed by atoms with Crippen molar-refractivity contribution in [3.8, 4) is 0 Å². The summed E-state index contributed by atoms with van der Waals surface area (Å²) in [7, 11) is 0. The van der Waals surface area contributed by atoms with Crippen LogP contribution in [0.25, 0.3) is 0 Å². The number of hydrogen-bond donors (Lipinski definition) is 2. The van der Waals surface area contributed by atoms with Crippen LogP contribution in [0.3, 0.4) is 0 Å². The van der Waals surface area contributed by atoms with Gasteiger partial charge in [-0.3, -0.25) is 9.48 Å². The first-order valence-corrected chi connectivity index (χ1v) is 6.41. The molecule has 0 spiro atoms. The molecule has 1 rings (SSSR count). The van der Waals surface area contributed by atoms with Crippen LogP contribution in [0.4, 0.5) is 0 Å². The van der Waals surface area contributed by atoms with Crippen molar-refractivity contribution in [3.05, 3.63) is 12.7 Å². The third-order valence-corrected chi connectivity index (χ3v) is 3.19. The first-order valence-electron chi connectivity index (χ1n) is 6.41. The molecule has 0 unspecified atom stereocenters. The van der Waals surface area contributed by atoms with E-state index in [1.54, 1.807) is 11.0 Å². The van der Waals surface area contributed by atoms with Crippen LogP contribution in [0.5, 0.6) is 0 Å². The third kappa shape index (κ3) is 4.83. The Morgan fingerprint density at radius 1 is 1.44 bits per heavy atom. The SMILES string of the molecule is CCC(O)(CC)CNC(=O)CCCn1cncn1. The fourth-order valence-electron chi connectivity index (χ4n) is 1.60. The Kier molecular flexibility index (Phi) is 5.77. The summed E-state index contributed by atoms with van der Waals surface area (Å²) < 4.78 is 1.70. The maximum Gasteiger partial charge on any atom is 0.220 e. The van der Waals surface area contributed by atoms with E-state index in [4.69, 9.17) is 0 Å². The van der Waals surface area contributed by atoms with Crippen molar-refractivity contribution >= 4 is 5.91 Å². The summed E-state index contributed by atoms with van der Waals surface area (Å²) in [5.41, 5.74) is -0.776. The molecule has 0 atom stereocenters. The summed E-state index contributed by atoms with van der Waals surface area (Å²) >= 11 is 0. The molecular formula is C12H22N4O2. The number of carbonyl (C=O) groups excluding carboxylic acids is 1. The minimum absolute atomic E-state index is 0.0320. The highest BCUT2D eigenvalue weighted by Gasteiger charge is 2.22. The second-order valence-corrected chi connectivity index (χ2v) is 4.47. The molecule has 0 aliphatic carbocycles. The Bertz CT molecular complexity index is 347. The zero-order valence-corrected chi connectivity index (χ0v) is 11.1. The zero-order valence-electron chi connectivity index (χ0n) is 11.1. The minimum Gasteiger partial charge on any atom is -0.388 e. The van der Waals surface area contributed by atoms with Crippen LogP contribution in [0.1, 0.15) is 39.5 Å². The number of carbonyl (C=O) groups is 1. The average Bonchev–Trinajstić information content (AvgIpc) is 2.89. The molecule has 0 saturated carbocycles. The van der Waals surface area contributed by atoms with Gasteiger partial charge in [0.2, 0.25) is 5.91 Å².